The van der Waals surface area contributed by atoms with Crippen LogP contribution < -0.4 is 5.32 Å². The molecule has 1 aromatic carbocycles. The molecule has 1 fully saturated rings. The first-order valence-electron chi connectivity index (χ1n) is 8.55. The second-order valence-corrected chi connectivity index (χ2v) is 6.01. The molecular weight excluding hydrogens is 272 g/mol. The molecule has 1 aliphatic heterocycles. The summed E-state index contributed by atoms with van der Waals surface area (Å²) in [5.74, 6) is 1.10. The van der Waals surface area contributed by atoms with E-state index in [0.29, 0.717) is 0 Å². The summed E-state index contributed by atoms with van der Waals surface area (Å²) in [6, 6.07) is 10.6. The average Bonchev–Trinajstić information content (AvgIpc) is 3.05. The molecule has 122 valence electrons. The van der Waals surface area contributed by atoms with Crippen LogP contribution >= 0.6 is 0 Å². The third-order valence-electron chi connectivity index (χ3n) is 4.00. The second kappa shape index (κ2) is 9.46. The van der Waals surface area contributed by atoms with Crippen molar-refractivity contribution in [3.63, 3.8) is 0 Å². The van der Waals surface area contributed by atoms with Gasteiger partial charge in [0.25, 0.3) is 0 Å². The first kappa shape index (κ1) is 16.8. The molecule has 0 radical (unpaired) electrons. The molecule has 1 heterocycles. The summed E-state index contributed by atoms with van der Waals surface area (Å²) >= 11 is 0. The lowest BCUT2D eigenvalue weighted by Gasteiger charge is -2.21. The molecule has 0 aliphatic carbocycles. The monoisotopic (exact) mass is 302 g/mol. The minimum Gasteiger partial charge on any atom is -0.357 e. The minimum atomic E-state index is 0.901. The number of guanidine groups is 1. The van der Waals surface area contributed by atoms with Crippen LogP contribution in [-0.4, -0.2) is 55.5 Å². The molecule has 0 spiro atoms. The standard InChI is InChI=1S/C18H30N4/c1-3-19-18(22-14-7-8-15-22)20-12-9-13-21(2)16-17-10-5-4-6-11-17/h4-6,10-11H,3,7-9,12-16H2,1-2H3,(H,19,20). The maximum absolute atomic E-state index is 4.78. The van der Waals surface area contributed by atoms with E-state index in [2.05, 4.69) is 59.4 Å². The molecule has 0 saturated carbocycles. The van der Waals surface area contributed by atoms with E-state index in [4.69, 9.17) is 4.99 Å². The third-order valence-corrected chi connectivity index (χ3v) is 4.00. The second-order valence-electron chi connectivity index (χ2n) is 6.01. The van der Waals surface area contributed by atoms with E-state index < -0.39 is 0 Å². The number of likely N-dealkylation sites (tertiary alicyclic amines) is 1. The Hall–Kier alpha value is -1.55. The van der Waals surface area contributed by atoms with Crippen molar-refractivity contribution >= 4 is 5.96 Å². The molecule has 22 heavy (non-hydrogen) atoms. The predicted molar refractivity (Wildman–Crippen MR) is 94.2 cm³/mol. The van der Waals surface area contributed by atoms with Crippen LogP contribution in [0.1, 0.15) is 31.7 Å². The van der Waals surface area contributed by atoms with E-state index >= 15 is 0 Å². The SMILES string of the molecule is CCNC(=NCCCN(C)Cc1ccccc1)N1CCCC1. The Labute approximate surface area is 135 Å². The van der Waals surface area contributed by atoms with Gasteiger partial charge in [-0.1, -0.05) is 30.3 Å². The molecule has 0 amide bonds. The number of benzene rings is 1. The van der Waals surface area contributed by atoms with Crippen molar-refractivity contribution in [2.75, 3.05) is 39.8 Å². The van der Waals surface area contributed by atoms with Crippen molar-refractivity contribution < 1.29 is 0 Å². The minimum absolute atomic E-state index is 0.901. The van der Waals surface area contributed by atoms with E-state index in [1.807, 2.05) is 0 Å². The molecule has 2 rings (SSSR count). The third kappa shape index (κ3) is 5.68. The summed E-state index contributed by atoms with van der Waals surface area (Å²) in [4.78, 5) is 9.53. The van der Waals surface area contributed by atoms with Crippen LogP contribution in [0.15, 0.2) is 35.3 Å². The number of aliphatic imine (C=N–C) groups is 1. The van der Waals surface area contributed by atoms with Gasteiger partial charge in [0.1, 0.15) is 0 Å². The first-order chi connectivity index (χ1) is 10.8. The van der Waals surface area contributed by atoms with Gasteiger partial charge in [0.05, 0.1) is 0 Å². The van der Waals surface area contributed by atoms with E-state index in [1.165, 1.54) is 18.4 Å². The summed E-state index contributed by atoms with van der Waals surface area (Å²) in [5, 5.41) is 3.41. The quantitative estimate of drug-likeness (QED) is 0.477. The van der Waals surface area contributed by atoms with Gasteiger partial charge in [-0.15, -0.1) is 0 Å². The molecule has 0 unspecified atom stereocenters. The van der Waals surface area contributed by atoms with Gasteiger partial charge in [-0.3, -0.25) is 4.99 Å². The largest absolute Gasteiger partial charge is 0.357 e. The van der Waals surface area contributed by atoms with Crippen molar-refractivity contribution in [1.29, 1.82) is 0 Å². The lowest BCUT2D eigenvalue weighted by atomic mass is 10.2. The Bertz CT molecular complexity index is 438. The van der Waals surface area contributed by atoms with Gasteiger partial charge in [-0.25, -0.2) is 0 Å². The van der Waals surface area contributed by atoms with Crippen molar-refractivity contribution in [3.8, 4) is 0 Å². The molecule has 0 aromatic heterocycles. The van der Waals surface area contributed by atoms with E-state index in [1.54, 1.807) is 0 Å². The van der Waals surface area contributed by atoms with Crippen LogP contribution in [0.25, 0.3) is 0 Å². The number of nitrogens with one attached hydrogen (secondary N) is 1. The van der Waals surface area contributed by atoms with Crippen LogP contribution in [0.4, 0.5) is 0 Å². The molecule has 0 bridgehead atoms. The Morgan fingerprint density at radius 1 is 1.23 bits per heavy atom. The van der Waals surface area contributed by atoms with Crippen LogP contribution in [0, 0.1) is 0 Å². The zero-order valence-electron chi connectivity index (χ0n) is 14.1. The predicted octanol–water partition coefficient (Wildman–Crippen LogP) is 2.57. The Balaban J connectivity index is 1.70. The van der Waals surface area contributed by atoms with Gasteiger partial charge >= 0.3 is 0 Å². The fourth-order valence-corrected chi connectivity index (χ4v) is 2.85. The van der Waals surface area contributed by atoms with Crippen molar-refractivity contribution in [1.82, 2.24) is 15.1 Å². The van der Waals surface area contributed by atoms with Crippen LogP contribution in [0.2, 0.25) is 0 Å². The Kier molecular flexibility index (Phi) is 7.23. The van der Waals surface area contributed by atoms with E-state index in [-0.39, 0.29) is 0 Å². The summed E-state index contributed by atoms with van der Waals surface area (Å²) in [6.07, 6.45) is 3.69. The van der Waals surface area contributed by atoms with Gasteiger partial charge in [0.15, 0.2) is 5.96 Å². The molecule has 4 heteroatoms. The Morgan fingerprint density at radius 3 is 2.64 bits per heavy atom. The van der Waals surface area contributed by atoms with Crippen LogP contribution in [0.3, 0.4) is 0 Å². The van der Waals surface area contributed by atoms with Crippen LogP contribution in [-0.2, 0) is 6.54 Å². The Morgan fingerprint density at radius 2 is 1.95 bits per heavy atom. The number of hydrogen-bond donors (Lipinski definition) is 1. The summed E-state index contributed by atoms with van der Waals surface area (Å²) in [6.45, 7) is 8.38. The first-order valence-corrected chi connectivity index (χ1v) is 8.55. The normalized spacial score (nSPS) is 15.6. The van der Waals surface area contributed by atoms with Crippen molar-refractivity contribution in [2.24, 2.45) is 4.99 Å². The zero-order valence-corrected chi connectivity index (χ0v) is 14.1. The molecule has 1 aromatic rings. The van der Waals surface area contributed by atoms with E-state index in [0.717, 1.165) is 51.6 Å². The summed E-state index contributed by atoms with van der Waals surface area (Å²) in [5.41, 5.74) is 1.37. The van der Waals surface area contributed by atoms with Crippen molar-refractivity contribution in [2.45, 2.75) is 32.7 Å². The van der Waals surface area contributed by atoms with Gasteiger partial charge in [-0.2, -0.15) is 0 Å². The van der Waals surface area contributed by atoms with Crippen molar-refractivity contribution in [3.05, 3.63) is 35.9 Å². The topological polar surface area (TPSA) is 30.9 Å². The highest BCUT2D eigenvalue weighted by atomic mass is 15.3. The highest BCUT2D eigenvalue weighted by Gasteiger charge is 2.15. The molecule has 0 atom stereocenters. The molecular formula is C18H30N4. The fraction of sp³-hybridized carbons (Fsp3) is 0.611. The number of hydrogen-bond acceptors (Lipinski definition) is 2. The van der Waals surface area contributed by atoms with Gasteiger partial charge in [0.2, 0.25) is 0 Å². The molecule has 1 N–H and O–H groups in total. The van der Waals surface area contributed by atoms with Crippen LogP contribution in [0.5, 0.6) is 0 Å². The fourth-order valence-electron chi connectivity index (χ4n) is 2.85. The van der Waals surface area contributed by atoms with Gasteiger partial charge in [-0.05, 0) is 45.3 Å². The average molecular weight is 302 g/mol. The summed E-state index contributed by atoms with van der Waals surface area (Å²) in [7, 11) is 2.18. The number of rotatable bonds is 7. The highest BCUT2D eigenvalue weighted by molar-refractivity contribution is 5.80. The van der Waals surface area contributed by atoms with Gasteiger partial charge < -0.3 is 15.1 Å². The maximum Gasteiger partial charge on any atom is 0.193 e. The lowest BCUT2D eigenvalue weighted by molar-refractivity contribution is 0.324. The number of nitrogens with zero attached hydrogens (tertiary/aromatic N) is 3. The highest BCUT2D eigenvalue weighted by Crippen LogP contribution is 2.07. The maximum atomic E-state index is 4.78. The summed E-state index contributed by atoms with van der Waals surface area (Å²) < 4.78 is 0. The van der Waals surface area contributed by atoms with E-state index in [9.17, 15) is 0 Å². The molecule has 1 saturated heterocycles. The zero-order chi connectivity index (χ0) is 15.6. The smallest absolute Gasteiger partial charge is 0.193 e. The molecule has 4 nitrogen and oxygen atoms in total. The molecule has 1 aliphatic rings. The van der Waals surface area contributed by atoms with Gasteiger partial charge in [0, 0.05) is 32.7 Å². The lowest BCUT2D eigenvalue weighted by Crippen LogP contribution is -2.39.